The fourth-order valence-corrected chi connectivity index (χ4v) is 2.88. The van der Waals surface area contributed by atoms with Gasteiger partial charge >= 0.3 is 0 Å². The van der Waals surface area contributed by atoms with E-state index in [-0.39, 0.29) is 5.82 Å². The highest BCUT2D eigenvalue weighted by molar-refractivity contribution is 5.33. The summed E-state index contributed by atoms with van der Waals surface area (Å²) in [5.74, 6) is 0.580. The van der Waals surface area contributed by atoms with Crippen LogP contribution in [-0.4, -0.2) is 6.04 Å². The van der Waals surface area contributed by atoms with E-state index in [0.29, 0.717) is 23.7 Å². The van der Waals surface area contributed by atoms with Crippen molar-refractivity contribution in [1.82, 2.24) is 5.32 Å². The molecule has 0 aliphatic heterocycles. The van der Waals surface area contributed by atoms with E-state index < -0.39 is 0 Å². The van der Waals surface area contributed by atoms with Gasteiger partial charge in [0.25, 0.3) is 0 Å². The van der Waals surface area contributed by atoms with Crippen LogP contribution < -0.4 is 5.32 Å². The first kappa shape index (κ1) is 14.0. The number of rotatable bonds is 4. The Balaban J connectivity index is 1.93. The van der Waals surface area contributed by atoms with Gasteiger partial charge in [-0.2, -0.15) is 5.26 Å². The summed E-state index contributed by atoms with van der Waals surface area (Å²) in [6, 6.07) is 7.09. The fraction of sp³-hybridized carbons (Fsp3) is 0.562. The third-order valence-electron chi connectivity index (χ3n) is 4.12. The molecule has 3 heteroatoms. The van der Waals surface area contributed by atoms with Gasteiger partial charge in [-0.05, 0) is 37.0 Å². The largest absolute Gasteiger partial charge is 0.310 e. The molecule has 1 aliphatic rings. The summed E-state index contributed by atoms with van der Waals surface area (Å²) in [6.45, 7) is 2.76. The maximum Gasteiger partial charge on any atom is 0.127 e. The average Bonchev–Trinajstić information content (AvgIpc) is 2.46. The molecule has 0 spiro atoms. The van der Waals surface area contributed by atoms with Gasteiger partial charge in [0.05, 0.1) is 11.6 Å². The Bertz CT molecular complexity index is 464. The van der Waals surface area contributed by atoms with Crippen molar-refractivity contribution in [3.63, 3.8) is 0 Å². The van der Waals surface area contributed by atoms with Crippen LogP contribution in [0, 0.1) is 23.1 Å². The molecule has 0 heterocycles. The van der Waals surface area contributed by atoms with Gasteiger partial charge in [0, 0.05) is 18.2 Å². The van der Waals surface area contributed by atoms with Crippen LogP contribution in [0.1, 0.15) is 50.2 Å². The van der Waals surface area contributed by atoms with Gasteiger partial charge in [-0.15, -0.1) is 0 Å². The van der Waals surface area contributed by atoms with Crippen LogP contribution in [0.4, 0.5) is 4.39 Å². The summed E-state index contributed by atoms with van der Waals surface area (Å²) < 4.78 is 13.7. The minimum atomic E-state index is -0.227. The molecular weight excluding hydrogens is 239 g/mol. The van der Waals surface area contributed by atoms with Crippen molar-refractivity contribution in [3.05, 3.63) is 35.1 Å². The first-order chi connectivity index (χ1) is 9.22. The van der Waals surface area contributed by atoms with Crippen LogP contribution in [0.15, 0.2) is 18.2 Å². The lowest BCUT2D eigenvalue weighted by molar-refractivity contribution is 0.277. The molecule has 0 bridgehead atoms. The third kappa shape index (κ3) is 3.78. The Labute approximate surface area is 114 Å². The normalized spacial score (nSPS) is 23.0. The number of nitriles is 1. The first-order valence-electron chi connectivity index (χ1n) is 7.14. The van der Waals surface area contributed by atoms with Crippen LogP contribution in [0.5, 0.6) is 0 Å². The number of hydrogen-bond donors (Lipinski definition) is 1. The maximum absolute atomic E-state index is 13.7. The van der Waals surface area contributed by atoms with E-state index in [9.17, 15) is 4.39 Å². The Morgan fingerprint density at radius 2 is 2.26 bits per heavy atom. The van der Waals surface area contributed by atoms with Gasteiger partial charge in [0.1, 0.15) is 5.82 Å². The van der Waals surface area contributed by atoms with Crippen molar-refractivity contribution in [1.29, 1.82) is 5.26 Å². The van der Waals surface area contributed by atoms with Gasteiger partial charge in [-0.1, -0.05) is 26.2 Å². The van der Waals surface area contributed by atoms with E-state index in [1.165, 1.54) is 44.2 Å². The summed E-state index contributed by atoms with van der Waals surface area (Å²) in [5.41, 5.74) is 1.12. The minimum Gasteiger partial charge on any atom is -0.310 e. The van der Waals surface area contributed by atoms with Gasteiger partial charge in [0.15, 0.2) is 0 Å². The minimum absolute atomic E-state index is 0.227. The Kier molecular flexibility index (Phi) is 4.93. The number of nitrogens with zero attached hydrogens (tertiary/aromatic N) is 1. The highest BCUT2D eigenvalue weighted by Crippen LogP contribution is 2.26. The second kappa shape index (κ2) is 6.68. The predicted octanol–water partition coefficient (Wildman–Crippen LogP) is 3.76. The molecule has 0 amide bonds. The second-order valence-corrected chi connectivity index (χ2v) is 5.44. The standard InChI is InChI=1S/C16H21FN2/c1-2-12-4-3-5-15(9-12)19-11-14-8-13(10-18)6-7-16(14)17/h6-8,12,15,19H,2-5,9,11H2,1H3. The molecule has 0 radical (unpaired) electrons. The van der Waals surface area contributed by atoms with E-state index >= 15 is 0 Å². The third-order valence-corrected chi connectivity index (χ3v) is 4.12. The molecular formula is C16H21FN2. The molecule has 2 rings (SSSR count). The van der Waals surface area contributed by atoms with E-state index in [1.54, 1.807) is 6.07 Å². The molecule has 2 unspecified atom stereocenters. The van der Waals surface area contributed by atoms with Crippen LogP contribution >= 0.6 is 0 Å². The molecule has 102 valence electrons. The number of hydrogen-bond acceptors (Lipinski definition) is 2. The summed E-state index contributed by atoms with van der Waals surface area (Å²) in [6.07, 6.45) is 6.19. The lowest BCUT2D eigenvalue weighted by Gasteiger charge is -2.29. The number of benzene rings is 1. The lowest BCUT2D eigenvalue weighted by atomic mass is 9.84. The summed E-state index contributed by atoms with van der Waals surface area (Å²) in [5, 5.41) is 12.3. The highest BCUT2D eigenvalue weighted by Gasteiger charge is 2.20. The molecule has 1 aromatic rings. The summed E-state index contributed by atoms with van der Waals surface area (Å²) in [7, 11) is 0. The number of nitrogens with one attached hydrogen (secondary N) is 1. The summed E-state index contributed by atoms with van der Waals surface area (Å²) >= 11 is 0. The highest BCUT2D eigenvalue weighted by atomic mass is 19.1. The molecule has 0 saturated heterocycles. The molecule has 2 atom stereocenters. The molecule has 1 aliphatic carbocycles. The maximum atomic E-state index is 13.7. The van der Waals surface area contributed by atoms with E-state index in [1.807, 2.05) is 0 Å². The topological polar surface area (TPSA) is 35.8 Å². The van der Waals surface area contributed by atoms with Crippen molar-refractivity contribution in [2.75, 3.05) is 0 Å². The zero-order chi connectivity index (χ0) is 13.7. The first-order valence-corrected chi connectivity index (χ1v) is 7.14. The van der Waals surface area contributed by atoms with Crippen molar-refractivity contribution in [2.45, 2.75) is 51.6 Å². The predicted molar refractivity (Wildman–Crippen MR) is 74.0 cm³/mol. The molecule has 1 saturated carbocycles. The molecule has 1 aromatic carbocycles. The quantitative estimate of drug-likeness (QED) is 0.894. The van der Waals surface area contributed by atoms with E-state index in [0.717, 1.165) is 5.92 Å². The van der Waals surface area contributed by atoms with Crippen LogP contribution in [0.2, 0.25) is 0 Å². The van der Waals surface area contributed by atoms with Gasteiger partial charge in [-0.3, -0.25) is 0 Å². The van der Waals surface area contributed by atoms with Crippen molar-refractivity contribution in [2.24, 2.45) is 5.92 Å². The van der Waals surface area contributed by atoms with Crippen molar-refractivity contribution >= 4 is 0 Å². The van der Waals surface area contributed by atoms with Gasteiger partial charge in [0.2, 0.25) is 0 Å². The smallest absolute Gasteiger partial charge is 0.127 e. The molecule has 1 fully saturated rings. The van der Waals surface area contributed by atoms with Gasteiger partial charge in [-0.25, -0.2) is 4.39 Å². The van der Waals surface area contributed by atoms with Gasteiger partial charge < -0.3 is 5.32 Å². The van der Waals surface area contributed by atoms with Crippen LogP contribution in [0.3, 0.4) is 0 Å². The Morgan fingerprint density at radius 1 is 1.42 bits per heavy atom. The monoisotopic (exact) mass is 260 g/mol. The van der Waals surface area contributed by atoms with Crippen molar-refractivity contribution < 1.29 is 4.39 Å². The van der Waals surface area contributed by atoms with Crippen LogP contribution in [-0.2, 0) is 6.54 Å². The SMILES string of the molecule is CCC1CCCC(NCc2cc(C#N)ccc2F)C1. The lowest BCUT2D eigenvalue weighted by Crippen LogP contribution is -2.33. The average molecular weight is 260 g/mol. The van der Waals surface area contributed by atoms with E-state index in [2.05, 4.69) is 18.3 Å². The van der Waals surface area contributed by atoms with Crippen molar-refractivity contribution in [3.8, 4) is 6.07 Å². The number of halogens is 1. The molecule has 2 nitrogen and oxygen atoms in total. The zero-order valence-corrected chi connectivity index (χ0v) is 11.5. The Hall–Kier alpha value is -1.40. The van der Waals surface area contributed by atoms with E-state index in [4.69, 9.17) is 5.26 Å². The van der Waals surface area contributed by atoms with Crippen LogP contribution in [0.25, 0.3) is 0 Å². The summed E-state index contributed by atoms with van der Waals surface area (Å²) in [4.78, 5) is 0. The molecule has 19 heavy (non-hydrogen) atoms. The zero-order valence-electron chi connectivity index (χ0n) is 11.5. The molecule has 1 N–H and O–H groups in total. The fourth-order valence-electron chi connectivity index (χ4n) is 2.88. The Morgan fingerprint density at radius 3 is 3.00 bits per heavy atom. The molecule has 0 aromatic heterocycles. The second-order valence-electron chi connectivity index (χ2n) is 5.44.